The lowest BCUT2D eigenvalue weighted by Gasteiger charge is -2.20. The number of rotatable bonds is 64. The molecule has 78 heavy (non-hydrogen) atoms. The number of unbranched alkanes of at least 4 members (excludes halogenated alkanes) is 48. The Labute approximate surface area is 489 Å². The predicted molar refractivity (Wildman–Crippen MR) is 344 cm³/mol. The van der Waals surface area contributed by atoms with Gasteiger partial charge >= 0.3 is 11.9 Å². The van der Waals surface area contributed by atoms with E-state index in [1.807, 2.05) is 0 Å². The second-order valence-electron chi connectivity index (χ2n) is 25.0. The van der Waals surface area contributed by atoms with Crippen LogP contribution in [-0.4, -0.2) is 25.2 Å². The average Bonchev–Trinajstić information content (AvgIpc) is 3.46. The minimum atomic E-state index is 0.0114. The molecule has 0 aliphatic rings. The third-order valence-electron chi connectivity index (χ3n) is 17.4. The molecule has 0 atom stereocenters. The molecule has 0 bridgehead atoms. The van der Waals surface area contributed by atoms with Crippen molar-refractivity contribution in [2.45, 2.75) is 413 Å². The molecule has 0 heterocycles. The quantitative estimate of drug-likeness (QED) is 0.0482. The van der Waals surface area contributed by atoms with Gasteiger partial charge in [0.2, 0.25) is 0 Å². The molecular formula is C74H138O4. The Morgan fingerprint density at radius 1 is 0.244 bits per heavy atom. The van der Waals surface area contributed by atoms with Crippen molar-refractivity contribution in [3.63, 3.8) is 0 Å². The second-order valence-corrected chi connectivity index (χ2v) is 25.0. The topological polar surface area (TPSA) is 52.6 Å². The summed E-state index contributed by atoms with van der Waals surface area (Å²) < 4.78 is 11.3. The van der Waals surface area contributed by atoms with Crippen molar-refractivity contribution in [3.8, 4) is 0 Å². The molecule has 0 aliphatic carbocycles. The Balaban J connectivity index is 2.36. The summed E-state index contributed by atoms with van der Waals surface area (Å²) in [7, 11) is 0. The maximum atomic E-state index is 12.5. The van der Waals surface area contributed by atoms with Crippen LogP contribution in [0.2, 0.25) is 0 Å². The van der Waals surface area contributed by atoms with Crippen molar-refractivity contribution in [1.29, 1.82) is 0 Å². The number of carbonyl (C=O) groups is 2. The fourth-order valence-electron chi connectivity index (χ4n) is 12.1. The van der Waals surface area contributed by atoms with E-state index in [-0.39, 0.29) is 11.9 Å². The van der Waals surface area contributed by atoms with Gasteiger partial charge in [0, 0.05) is 12.8 Å². The van der Waals surface area contributed by atoms with E-state index in [4.69, 9.17) is 9.47 Å². The van der Waals surface area contributed by atoms with Crippen LogP contribution in [-0.2, 0) is 44.7 Å². The number of hydrogen-bond acceptors (Lipinski definition) is 4. The van der Waals surface area contributed by atoms with Gasteiger partial charge in [-0.1, -0.05) is 335 Å². The average molecular weight is 1090 g/mol. The van der Waals surface area contributed by atoms with Gasteiger partial charge in [-0.15, -0.1) is 0 Å². The smallest absolute Gasteiger partial charge is 0.305 e. The Morgan fingerprint density at radius 2 is 0.436 bits per heavy atom. The zero-order valence-electron chi connectivity index (χ0n) is 53.6. The number of ether oxygens (including phenoxy) is 2. The monoisotopic (exact) mass is 1090 g/mol. The van der Waals surface area contributed by atoms with Crippen LogP contribution >= 0.6 is 0 Å². The van der Waals surface area contributed by atoms with Gasteiger partial charge in [0.15, 0.2) is 0 Å². The lowest BCUT2D eigenvalue weighted by molar-refractivity contribution is -0.144. The van der Waals surface area contributed by atoms with Crippen LogP contribution in [0.1, 0.15) is 410 Å². The Kier molecular flexibility index (Phi) is 58.2. The molecule has 0 amide bonds. The molecule has 4 heteroatoms. The summed E-state index contributed by atoms with van der Waals surface area (Å²) >= 11 is 0. The zero-order valence-corrected chi connectivity index (χ0v) is 53.6. The van der Waals surface area contributed by atoms with Gasteiger partial charge in [0.25, 0.3) is 0 Å². The number of hydrogen-bond donors (Lipinski definition) is 0. The highest BCUT2D eigenvalue weighted by Gasteiger charge is 2.15. The molecule has 1 aromatic rings. The van der Waals surface area contributed by atoms with Gasteiger partial charge in [0.05, 0.1) is 13.2 Å². The molecule has 0 saturated heterocycles. The summed E-state index contributed by atoms with van der Waals surface area (Å²) in [6.45, 7) is 10.5. The lowest BCUT2D eigenvalue weighted by atomic mass is 9.85. The van der Waals surface area contributed by atoms with Gasteiger partial charge in [-0.25, -0.2) is 0 Å². The van der Waals surface area contributed by atoms with Crippen molar-refractivity contribution in [1.82, 2.24) is 0 Å². The van der Waals surface area contributed by atoms with Crippen molar-refractivity contribution < 1.29 is 19.1 Å². The van der Waals surface area contributed by atoms with E-state index in [1.165, 1.54) is 334 Å². The number of esters is 2. The van der Waals surface area contributed by atoms with Crippen molar-refractivity contribution >= 4 is 11.9 Å². The first-order valence-corrected chi connectivity index (χ1v) is 36.0. The normalized spacial score (nSPS) is 11.5. The fourth-order valence-corrected chi connectivity index (χ4v) is 12.1. The molecule has 0 unspecified atom stereocenters. The summed E-state index contributed by atoms with van der Waals surface area (Å²) in [6.07, 6.45) is 77.5. The number of carbonyl (C=O) groups excluding carboxylic acids is 2. The van der Waals surface area contributed by atoms with Crippen LogP contribution in [0.25, 0.3) is 0 Å². The standard InChI is InChI=1S/C74H138O4/c1-5-9-13-17-20-22-24-26-28-30-32-34-36-38-40-49-57-67-77-73(75)63-55-47-42-44-52-60-70-66-65-69(59-51-16-12-8-4)71(61-53-45-19-15-11-7-3)72(70)62-54-46-43-48-56-64-74(76)78-68-58-50-41-39-37-35-33-31-29-27-25-23-21-18-14-10-6-2/h65-66H,5-64,67-68H2,1-4H3. The number of benzene rings is 1. The molecule has 0 N–H and O–H groups in total. The lowest BCUT2D eigenvalue weighted by Crippen LogP contribution is -2.07. The van der Waals surface area contributed by atoms with E-state index in [2.05, 4.69) is 39.8 Å². The third kappa shape index (κ3) is 49.9. The maximum absolute atomic E-state index is 12.5. The first-order valence-electron chi connectivity index (χ1n) is 36.0. The molecule has 0 aliphatic heterocycles. The number of aryl methyl sites for hydroxylation is 2. The first-order chi connectivity index (χ1) is 38.6. The molecule has 0 radical (unpaired) electrons. The summed E-state index contributed by atoms with van der Waals surface area (Å²) in [5.41, 5.74) is 6.68. The van der Waals surface area contributed by atoms with E-state index >= 15 is 0 Å². The molecule has 1 rings (SSSR count). The van der Waals surface area contributed by atoms with Gasteiger partial charge in [-0.05, 0) is 99.3 Å². The van der Waals surface area contributed by atoms with Crippen LogP contribution in [0, 0.1) is 0 Å². The minimum absolute atomic E-state index is 0.0114. The van der Waals surface area contributed by atoms with Gasteiger partial charge in [-0.2, -0.15) is 0 Å². The molecule has 0 spiro atoms. The largest absolute Gasteiger partial charge is 0.466 e. The maximum Gasteiger partial charge on any atom is 0.305 e. The summed E-state index contributed by atoms with van der Waals surface area (Å²) in [4.78, 5) is 25.0. The summed E-state index contributed by atoms with van der Waals surface area (Å²) in [6, 6.07) is 5.06. The molecule has 4 nitrogen and oxygen atoms in total. The van der Waals surface area contributed by atoms with E-state index in [0.717, 1.165) is 38.5 Å². The van der Waals surface area contributed by atoms with E-state index in [1.54, 1.807) is 22.3 Å². The second kappa shape index (κ2) is 61.2. The van der Waals surface area contributed by atoms with Crippen molar-refractivity contribution in [2.24, 2.45) is 0 Å². The molecule has 0 aromatic heterocycles. The summed E-state index contributed by atoms with van der Waals surface area (Å²) in [5, 5.41) is 0. The molecule has 1 aromatic carbocycles. The molecular weight excluding hydrogens is 953 g/mol. The van der Waals surface area contributed by atoms with Gasteiger partial charge < -0.3 is 9.47 Å². The Morgan fingerprint density at radius 3 is 0.692 bits per heavy atom. The fraction of sp³-hybridized carbons (Fsp3) is 0.892. The Bertz CT molecular complexity index is 1380. The van der Waals surface area contributed by atoms with Crippen LogP contribution in [0.5, 0.6) is 0 Å². The van der Waals surface area contributed by atoms with Crippen molar-refractivity contribution in [3.05, 3.63) is 34.4 Å². The van der Waals surface area contributed by atoms with E-state index < -0.39 is 0 Å². The van der Waals surface area contributed by atoms with E-state index in [9.17, 15) is 9.59 Å². The SMILES string of the molecule is CCCCCCCCCCCCCCCCCCCOC(=O)CCCCCCCc1ccc(CCCCCC)c(CCCCCCCC)c1CCCCCCCC(=O)OCCCCCCCCCCCCCCCCCCC. The highest BCUT2D eigenvalue weighted by Crippen LogP contribution is 2.28. The highest BCUT2D eigenvalue weighted by atomic mass is 16.5. The van der Waals surface area contributed by atoms with Gasteiger partial charge in [-0.3, -0.25) is 9.59 Å². The van der Waals surface area contributed by atoms with Crippen molar-refractivity contribution in [2.75, 3.05) is 13.2 Å². The van der Waals surface area contributed by atoms with Crippen LogP contribution in [0.4, 0.5) is 0 Å². The molecule has 0 saturated carbocycles. The van der Waals surface area contributed by atoms with Crippen LogP contribution in [0.3, 0.4) is 0 Å². The molecule has 0 fully saturated rings. The van der Waals surface area contributed by atoms with Gasteiger partial charge in [0.1, 0.15) is 0 Å². The third-order valence-corrected chi connectivity index (χ3v) is 17.4. The predicted octanol–water partition coefficient (Wildman–Crippen LogP) is 24.9. The van der Waals surface area contributed by atoms with E-state index in [0.29, 0.717) is 26.1 Å². The van der Waals surface area contributed by atoms with Crippen LogP contribution < -0.4 is 0 Å². The zero-order chi connectivity index (χ0) is 56.1. The molecule has 458 valence electrons. The van der Waals surface area contributed by atoms with Crippen LogP contribution in [0.15, 0.2) is 12.1 Å². The minimum Gasteiger partial charge on any atom is -0.466 e. The summed E-state index contributed by atoms with van der Waals surface area (Å²) in [5.74, 6) is 0.0251. The Hall–Kier alpha value is -1.84. The highest BCUT2D eigenvalue weighted by molar-refractivity contribution is 5.69. The first kappa shape index (κ1) is 74.2.